The molecule has 6 rings (SSSR count). The summed E-state index contributed by atoms with van der Waals surface area (Å²) in [6, 6.07) is 22.4. The Hall–Kier alpha value is -4.32. The molecule has 0 amide bonds. The zero-order valence-corrected chi connectivity index (χ0v) is 35.4. The first-order valence-corrected chi connectivity index (χ1v) is 22.4. The Morgan fingerprint density at radius 1 is 0.534 bits per heavy atom. The van der Waals surface area contributed by atoms with Gasteiger partial charge in [0.1, 0.15) is 0 Å². The van der Waals surface area contributed by atoms with E-state index in [2.05, 4.69) is 38.1 Å². The molecule has 4 nitrogen and oxygen atoms in total. The van der Waals surface area contributed by atoms with Crippen LogP contribution in [0.2, 0.25) is 0 Å². The number of hydrogen-bond donors (Lipinski definition) is 2. The molecule has 2 saturated carbocycles. The van der Waals surface area contributed by atoms with E-state index in [1.807, 2.05) is 38.1 Å². The van der Waals surface area contributed by atoms with Gasteiger partial charge in [0.2, 0.25) is 0 Å². The third-order valence-electron chi connectivity index (χ3n) is 12.8. The average molecular weight is 793 g/mol. The number of Topliss-reactive ketones (excluding diaryl/α,β-unsaturated/α-hetero) is 2. The van der Waals surface area contributed by atoms with Crippen molar-refractivity contribution >= 4 is 11.6 Å². The number of aromatic hydroxyl groups is 2. The SMILES string of the molecule is CCCCC(=O)c1ccc(-c2ccc(C3CCC(C)CC3)cc2)c(F)c1O.CCCCCC1CCC(c2ccc(-c3ccc(C(=O)CCCC)c(O)c3F)cc2)CC1. The molecule has 2 fully saturated rings. The van der Waals surface area contributed by atoms with Gasteiger partial charge in [-0.2, -0.15) is 0 Å². The molecule has 4 aromatic rings. The largest absolute Gasteiger partial charge is 0.504 e. The van der Waals surface area contributed by atoms with Crippen LogP contribution in [0.5, 0.6) is 11.5 Å². The highest BCUT2D eigenvalue weighted by atomic mass is 19.1. The standard InChI is InChI=1S/C28H37FO2.C24H29FO2/c1-3-5-7-8-20-10-12-21(13-11-20)22-14-16-23(17-15-22)24-18-19-25(28(31)27(24)29)26(30)9-6-4-2;1-3-4-5-22(26)21-15-14-20(23(25)24(21)27)19-12-10-18(11-13-19)17-8-6-16(2)7-9-17/h14-21,31H,3-13H2,1-2H3;10-17,27H,3-9H2,1-2H3. The second kappa shape index (κ2) is 22.2. The van der Waals surface area contributed by atoms with Crippen molar-refractivity contribution in [2.75, 3.05) is 0 Å². The van der Waals surface area contributed by atoms with Gasteiger partial charge < -0.3 is 10.2 Å². The van der Waals surface area contributed by atoms with E-state index in [9.17, 15) is 28.6 Å². The third-order valence-corrected chi connectivity index (χ3v) is 12.8. The Bertz CT molecular complexity index is 1920. The van der Waals surface area contributed by atoms with Gasteiger partial charge >= 0.3 is 0 Å². The normalized spacial score (nSPS) is 19.3. The number of hydrogen-bond acceptors (Lipinski definition) is 4. The number of benzene rings is 4. The molecule has 0 atom stereocenters. The predicted molar refractivity (Wildman–Crippen MR) is 234 cm³/mol. The number of halogens is 2. The molecule has 58 heavy (non-hydrogen) atoms. The summed E-state index contributed by atoms with van der Waals surface area (Å²) in [4.78, 5) is 24.4. The number of ketones is 2. The van der Waals surface area contributed by atoms with Gasteiger partial charge in [-0.1, -0.05) is 140 Å². The molecule has 0 saturated heterocycles. The molecular weight excluding hydrogens is 727 g/mol. The van der Waals surface area contributed by atoms with Crippen LogP contribution in [-0.4, -0.2) is 21.8 Å². The molecule has 0 aliphatic heterocycles. The average Bonchev–Trinajstić information content (AvgIpc) is 3.25. The maximum Gasteiger partial charge on any atom is 0.173 e. The van der Waals surface area contributed by atoms with E-state index in [0.29, 0.717) is 35.8 Å². The topological polar surface area (TPSA) is 74.6 Å². The van der Waals surface area contributed by atoms with Gasteiger partial charge in [0.25, 0.3) is 0 Å². The maximum atomic E-state index is 14.9. The minimum absolute atomic E-state index is 0.0812. The Balaban J connectivity index is 0.000000223. The molecule has 2 N–H and O–H groups in total. The summed E-state index contributed by atoms with van der Waals surface area (Å²) in [7, 11) is 0. The van der Waals surface area contributed by atoms with Gasteiger partial charge in [-0.25, -0.2) is 8.78 Å². The van der Waals surface area contributed by atoms with Crippen molar-refractivity contribution in [1.29, 1.82) is 0 Å². The van der Waals surface area contributed by atoms with Gasteiger partial charge in [-0.3, -0.25) is 9.59 Å². The van der Waals surface area contributed by atoms with E-state index in [1.165, 1.54) is 88.2 Å². The summed E-state index contributed by atoms with van der Waals surface area (Å²) in [6.07, 6.45) is 19.3. The molecular formula is C52H66F2O4. The molecule has 0 spiro atoms. The van der Waals surface area contributed by atoms with E-state index in [4.69, 9.17) is 0 Å². The lowest BCUT2D eigenvalue weighted by Gasteiger charge is -2.29. The molecule has 0 bridgehead atoms. The Morgan fingerprint density at radius 3 is 1.33 bits per heavy atom. The zero-order valence-electron chi connectivity index (χ0n) is 35.4. The van der Waals surface area contributed by atoms with Crippen LogP contribution in [0.15, 0.2) is 72.8 Å². The second-order valence-corrected chi connectivity index (χ2v) is 17.1. The van der Waals surface area contributed by atoms with Crippen LogP contribution >= 0.6 is 0 Å². The van der Waals surface area contributed by atoms with Gasteiger partial charge in [-0.15, -0.1) is 0 Å². The van der Waals surface area contributed by atoms with Crippen molar-refractivity contribution in [2.45, 2.75) is 155 Å². The number of phenols is 2. The monoisotopic (exact) mass is 792 g/mol. The summed E-state index contributed by atoms with van der Waals surface area (Å²) >= 11 is 0. The van der Waals surface area contributed by atoms with Crippen molar-refractivity contribution in [3.8, 4) is 33.8 Å². The Morgan fingerprint density at radius 2 is 0.931 bits per heavy atom. The van der Waals surface area contributed by atoms with E-state index in [0.717, 1.165) is 48.6 Å². The third kappa shape index (κ3) is 11.7. The predicted octanol–water partition coefficient (Wildman–Crippen LogP) is 15.3. The number of carbonyl (C=O) groups excluding carboxylic acids is 2. The fraction of sp³-hybridized carbons (Fsp3) is 0.500. The molecule has 4 aromatic carbocycles. The van der Waals surface area contributed by atoms with Crippen LogP contribution in [0, 0.1) is 23.5 Å². The summed E-state index contributed by atoms with van der Waals surface area (Å²) in [5.74, 6) is 0.00334. The number of phenolic OH excluding ortho intramolecular Hbond substituents is 2. The molecule has 0 aromatic heterocycles. The quantitative estimate of drug-likeness (QED) is 0.0875. The second-order valence-electron chi connectivity index (χ2n) is 17.1. The first-order valence-electron chi connectivity index (χ1n) is 22.4. The van der Waals surface area contributed by atoms with Crippen LogP contribution in [0.3, 0.4) is 0 Å². The van der Waals surface area contributed by atoms with E-state index in [-0.39, 0.29) is 22.7 Å². The highest BCUT2D eigenvalue weighted by Gasteiger charge is 2.24. The molecule has 6 heteroatoms. The zero-order chi connectivity index (χ0) is 41.6. The van der Waals surface area contributed by atoms with Crippen molar-refractivity contribution < 1.29 is 28.6 Å². The minimum Gasteiger partial charge on any atom is -0.504 e. The van der Waals surface area contributed by atoms with Crippen molar-refractivity contribution in [2.24, 2.45) is 11.8 Å². The summed E-state index contributed by atoms with van der Waals surface area (Å²) in [5, 5.41) is 20.5. The number of carbonyl (C=O) groups is 2. The lowest BCUT2D eigenvalue weighted by molar-refractivity contribution is 0.0968. The maximum absolute atomic E-state index is 14.9. The summed E-state index contributed by atoms with van der Waals surface area (Å²) in [6.45, 7) is 8.56. The lowest BCUT2D eigenvalue weighted by atomic mass is 9.77. The van der Waals surface area contributed by atoms with Gasteiger partial charge in [0.15, 0.2) is 34.7 Å². The van der Waals surface area contributed by atoms with E-state index in [1.54, 1.807) is 24.3 Å². The molecule has 0 unspecified atom stereocenters. The summed E-state index contributed by atoms with van der Waals surface area (Å²) < 4.78 is 29.6. The van der Waals surface area contributed by atoms with Crippen molar-refractivity contribution in [3.63, 3.8) is 0 Å². The van der Waals surface area contributed by atoms with Gasteiger partial charge in [-0.05, 0) is 109 Å². The van der Waals surface area contributed by atoms with E-state index >= 15 is 0 Å². The first-order chi connectivity index (χ1) is 28.1. The minimum atomic E-state index is -0.711. The van der Waals surface area contributed by atoms with Crippen molar-refractivity contribution in [1.82, 2.24) is 0 Å². The summed E-state index contributed by atoms with van der Waals surface area (Å²) in [5.41, 5.74) is 4.94. The molecule has 2 aliphatic carbocycles. The van der Waals surface area contributed by atoms with Crippen LogP contribution in [0.25, 0.3) is 22.3 Å². The van der Waals surface area contributed by atoms with Crippen molar-refractivity contribution in [3.05, 3.63) is 107 Å². The van der Waals surface area contributed by atoms with Crippen LogP contribution in [0.1, 0.15) is 187 Å². The highest BCUT2D eigenvalue weighted by Crippen LogP contribution is 2.40. The van der Waals surface area contributed by atoms with Crippen LogP contribution in [-0.2, 0) is 0 Å². The molecule has 2 aliphatic rings. The smallest absolute Gasteiger partial charge is 0.173 e. The number of unbranched alkanes of at least 4 members (excludes halogenated alkanes) is 4. The van der Waals surface area contributed by atoms with Crippen LogP contribution < -0.4 is 0 Å². The lowest BCUT2D eigenvalue weighted by Crippen LogP contribution is -2.13. The highest BCUT2D eigenvalue weighted by molar-refractivity contribution is 6.00. The molecule has 0 heterocycles. The van der Waals surface area contributed by atoms with Gasteiger partial charge in [0.05, 0.1) is 11.1 Å². The Labute approximate surface area is 346 Å². The fourth-order valence-corrected chi connectivity index (χ4v) is 8.90. The van der Waals surface area contributed by atoms with Crippen LogP contribution in [0.4, 0.5) is 8.78 Å². The van der Waals surface area contributed by atoms with Gasteiger partial charge in [0, 0.05) is 24.0 Å². The first kappa shape index (κ1) is 44.8. The Kier molecular flexibility index (Phi) is 17.1. The molecule has 0 radical (unpaired) electrons. The molecule has 312 valence electrons. The fourth-order valence-electron chi connectivity index (χ4n) is 8.90. The van der Waals surface area contributed by atoms with E-state index < -0.39 is 23.1 Å². The number of rotatable bonds is 16.